The van der Waals surface area contributed by atoms with E-state index in [1.165, 1.54) is 0 Å². The maximum Gasteiger partial charge on any atom is 0.279 e. The van der Waals surface area contributed by atoms with Crippen LogP contribution in [0, 0.1) is 18.3 Å². The molecule has 1 amide bonds. The van der Waals surface area contributed by atoms with E-state index in [0.717, 1.165) is 22.5 Å². The fourth-order valence-corrected chi connectivity index (χ4v) is 4.65. The molecule has 0 radical (unpaired) electrons. The fourth-order valence-electron chi connectivity index (χ4n) is 3.79. The average molecular weight is 486 g/mol. The third kappa shape index (κ3) is 3.76. The lowest BCUT2D eigenvalue weighted by Crippen LogP contribution is -2.31. The number of imidazole rings is 1. The monoisotopic (exact) mass is 484 g/mol. The minimum atomic E-state index is -0.405. The number of hydrogen-bond acceptors (Lipinski definition) is 3. The number of aromatic nitrogens is 2. The molecule has 154 valence electrons. The Balaban J connectivity index is 2.30. The van der Waals surface area contributed by atoms with Crippen molar-refractivity contribution in [3.8, 4) is 6.07 Å². The maximum absolute atomic E-state index is 13.5. The molecule has 3 rings (SSSR count). The van der Waals surface area contributed by atoms with Crippen LogP contribution in [0.25, 0.3) is 0 Å². The van der Waals surface area contributed by atoms with Crippen LogP contribution in [0.1, 0.15) is 53.2 Å². The van der Waals surface area contributed by atoms with E-state index in [-0.39, 0.29) is 11.9 Å². The summed E-state index contributed by atoms with van der Waals surface area (Å²) in [4.78, 5) is 19.8. The Kier molecular flexibility index (Phi) is 6.64. The summed E-state index contributed by atoms with van der Waals surface area (Å²) in [5.41, 5.74) is 4.23. The molecule has 0 fully saturated rings. The number of aryl methyl sites for hydroxylation is 1. The highest BCUT2D eigenvalue weighted by Gasteiger charge is 2.44. The van der Waals surface area contributed by atoms with Gasteiger partial charge in [-0.25, -0.2) is 4.98 Å². The second-order valence-electron chi connectivity index (χ2n) is 7.23. The molecule has 0 bridgehead atoms. The molecule has 0 N–H and O–H groups in total. The number of amides is 1. The van der Waals surface area contributed by atoms with Gasteiger partial charge in [0, 0.05) is 17.6 Å². The van der Waals surface area contributed by atoms with Crippen LogP contribution in [-0.2, 0) is 0 Å². The predicted molar refractivity (Wildman–Crippen MR) is 124 cm³/mol. The zero-order valence-corrected chi connectivity index (χ0v) is 19.4. The number of anilines is 1. The molecule has 1 unspecified atom stereocenters. The molecule has 1 aliphatic rings. The summed E-state index contributed by atoms with van der Waals surface area (Å²) in [6.07, 6.45) is 7.34. The molecule has 0 saturated carbocycles. The molecule has 1 aromatic heterocycles. The summed E-state index contributed by atoms with van der Waals surface area (Å²) in [5.74, 6) is 0.169. The Labute approximate surface area is 190 Å². The quantitative estimate of drug-likeness (QED) is 0.371. The molecule has 1 aromatic carbocycles. The van der Waals surface area contributed by atoms with E-state index in [1.807, 2.05) is 35.8 Å². The summed E-state index contributed by atoms with van der Waals surface area (Å²) in [5, 5.41) is 9.22. The molecular formula is C23H22BrClN4O. The van der Waals surface area contributed by atoms with Gasteiger partial charge < -0.3 is 4.57 Å². The number of nitriles is 1. The van der Waals surface area contributed by atoms with Crippen molar-refractivity contribution >= 4 is 39.1 Å². The fraction of sp³-hybridized carbons (Fsp3) is 0.261. The summed E-state index contributed by atoms with van der Waals surface area (Å²) in [7, 11) is 0. The number of carbonyl (C=O) groups excluding carboxylic acids is 1. The third-order valence-electron chi connectivity index (χ3n) is 4.97. The summed E-state index contributed by atoms with van der Waals surface area (Å²) in [6, 6.07) is 7.16. The predicted octanol–water partition coefficient (Wildman–Crippen LogP) is 6.02. The lowest BCUT2D eigenvalue weighted by Gasteiger charge is -2.29. The Bertz CT molecular complexity index is 1110. The summed E-state index contributed by atoms with van der Waals surface area (Å²) in [6.45, 7) is 9.84. The van der Waals surface area contributed by atoms with E-state index in [0.29, 0.717) is 21.9 Å². The van der Waals surface area contributed by atoms with Crippen LogP contribution < -0.4 is 4.90 Å². The lowest BCUT2D eigenvalue weighted by molar-refractivity contribution is 0.0989. The van der Waals surface area contributed by atoms with Gasteiger partial charge in [-0.3, -0.25) is 9.69 Å². The van der Waals surface area contributed by atoms with Gasteiger partial charge in [0.1, 0.15) is 6.04 Å². The maximum atomic E-state index is 13.5. The van der Waals surface area contributed by atoms with Crippen LogP contribution in [0.5, 0.6) is 0 Å². The second kappa shape index (κ2) is 9.03. The second-order valence-corrected chi connectivity index (χ2v) is 8.25. The van der Waals surface area contributed by atoms with Crippen LogP contribution in [-0.4, -0.2) is 21.3 Å². The highest BCUT2D eigenvalue weighted by molar-refractivity contribution is 9.10. The molecule has 0 saturated heterocycles. The van der Waals surface area contributed by atoms with Crippen molar-refractivity contribution in [1.29, 1.82) is 5.26 Å². The number of halogens is 2. The Morgan fingerprint density at radius 2 is 2.20 bits per heavy atom. The first-order valence-corrected chi connectivity index (χ1v) is 10.9. The molecule has 7 heteroatoms. The van der Waals surface area contributed by atoms with Gasteiger partial charge in [0.2, 0.25) is 0 Å². The molecule has 5 nitrogen and oxygen atoms in total. The van der Waals surface area contributed by atoms with Crippen LogP contribution in [0.2, 0.25) is 0 Å². The first kappa shape index (κ1) is 22.1. The number of nitrogens with zero attached hydrogens (tertiary/aromatic N) is 4. The molecular weight excluding hydrogens is 464 g/mol. The van der Waals surface area contributed by atoms with Gasteiger partial charge in [-0.05, 0) is 66.0 Å². The SMILES string of the molecule is C=C/C=C(\C=C/CCl)C1c2c(nc(Br)n2C(C)C)C(=O)N1c1ccc(C#N)cc1C. The van der Waals surface area contributed by atoms with Crippen molar-refractivity contribution in [1.82, 2.24) is 9.55 Å². The first-order chi connectivity index (χ1) is 14.3. The van der Waals surface area contributed by atoms with Gasteiger partial charge in [-0.2, -0.15) is 5.26 Å². The molecule has 1 atom stereocenters. The highest BCUT2D eigenvalue weighted by atomic mass is 79.9. The Morgan fingerprint density at radius 3 is 2.77 bits per heavy atom. The molecule has 0 spiro atoms. The van der Waals surface area contributed by atoms with Gasteiger partial charge in [-0.15, -0.1) is 11.6 Å². The minimum Gasteiger partial charge on any atom is -0.317 e. The van der Waals surface area contributed by atoms with Gasteiger partial charge >= 0.3 is 0 Å². The van der Waals surface area contributed by atoms with Crippen LogP contribution in [0.15, 0.2) is 59.4 Å². The standard InChI is InChI=1S/C23H22BrClN4O/c1-5-7-17(8-6-11-25)20-21-19(27-23(24)28(21)14(2)3)22(30)29(20)18-10-9-16(13-26)12-15(18)4/h5-10,12,14,20H,1,11H2,2-4H3/b8-6-,17-7+. The topological polar surface area (TPSA) is 61.9 Å². The van der Waals surface area contributed by atoms with Crippen LogP contribution in [0.3, 0.4) is 0 Å². The van der Waals surface area contributed by atoms with Gasteiger partial charge in [0.15, 0.2) is 10.4 Å². The van der Waals surface area contributed by atoms with Crippen molar-refractivity contribution in [2.75, 3.05) is 10.8 Å². The summed E-state index contributed by atoms with van der Waals surface area (Å²) >= 11 is 9.42. The highest BCUT2D eigenvalue weighted by Crippen LogP contribution is 2.45. The molecule has 2 aromatic rings. The number of fused-ring (bicyclic) bond motifs is 1. The van der Waals surface area contributed by atoms with E-state index in [1.54, 1.807) is 23.1 Å². The molecule has 30 heavy (non-hydrogen) atoms. The van der Waals surface area contributed by atoms with Crippen LogP contribution in [0.4, 0.5) is 5.69 Å². The zero-order valence-electron chi connectivity index (χ0n) is 17.1. The first-order valence-electron chi connectivity index (χ1n) is 9.52. The van der Waals surface area contributed by atoms with E-state index < -0.39 is 6.04 Å². The smallest absolute Gasteiger partial charge is 0.279 e. The minimum absolute atomic E-state index is 0.0925. The van der Waals surface area contributed by atoms with E-state index in [4.69, 9.17) is 11.6 Å². The normalized spacial score (nSPS) is 16.4. The van der Waals surface area contributed by atoms with E-state index >= 15 is 0 Å². The number of hydrogen-bond donors (Lipinski definition) is 0. The average Bonchev–Trinajstić information content (AvgIpc) is 3.18. The third-order valence-corrected chi connectivity index (χ3v) is 5.71. The van der Waals surface area contributed by atoms with E-state index in [9.17, 15) is 10.1 Å². The zero-order chi connectivity index (χ0) is 22.0. The van der Waals surface area contributed by atoms with Crippen molar-refractivity contribution in [2.45, 2.75) is 32.9 Å². The van der Waals surface area contributed by atoms with Crippen molar-refractivity contribution in [2.24, 2.45) is 0 Å². The van der Waals surface area contributed by atoms with Crippen LogP contribution >= 0.6 is 27.5 Å². The number of carbonyl (C=O) groups is 1. The summed E-state index contributed by atoms with van der Waals surface area (Å²) < 4.78 is 2.65. The molecule has 0 aliphatic carbocycles. The van der Waals surface area contributed by atoms with Crippen molar-refractivity contribution in [3.63, 3.8) is 0 Å². The van der Waals surface area contributed by atoms with Gasteiger partial charge in [0.05, 0.1) is 17.3 Å². The van der Waals surface area contributed by atoms with E-state index in [2.05, 4.69) is 47.4 Å². The number of rotatable bonds is 6. The number of alkyl halides is 1. The Morgan fingerprint density at radius 1 is 1.47 bits per heavy atom. The van der Waals surface area contributed by atoms with Gasteiger partial charge in [0.25, 0.3) is 5.91 Å². The molecule has 2 heterocycles. The largest absolute Gasteiger partial charge is 0.317 e. The van der Waals surface area contributed by atoms with Crippen molar-refractivity contribution in [3.05, 3.63) is 81.9 Å². The molecule has 1 aliphatic heterocycles. The number of benzene rings is 1. The van der Waals surface area contributed by atoms with Gasteiger partial charge in [-0.1, -0.05) is 30.9 Å². The Hall–Kier alpha value is -2.62. The lowest BCUT2D eigenvalue weighted by atomic mass is 10.0. The van der Waals surface area contributed by atoms with Crippen molar-refractivity contribution < 1.29 is 4.79 Å². The number of allylic oxidation sites excluding steroid dienone is 3.